The third-order valence-corrected chi connectivity index (χ3v) is 5.07. The molecule has 0 N–H and O–H groups in total. The lowest BCUT2D eigenvalue weighted by atomic mass is 9.90. The molecule has 0 spiro atoms. The van der Waals surface area contributed by atoms with Crippen LogP contribution < -0.4 is 0 Å². The zero-order valence-electron chi connectivity index (χ0n) is 14.9. The van der Waals surface area contributed by atoms with Crippen LogP contribution in [0.4, 0.5) is 0 Å². The monoisotopic (exact) mass is 346 g/mol. The van der Waals surface area contributed by atoms with E-state index in [1.54, 1.807) is 12.4 Å². The third-order valence-electron chi connectivity index (χ3n) is 5.07. The second-order valence-electron chi connectivity index (χ2n) is 7.03. The minimum Gasteiger partial charge on any atom is -0.337 e. The highest BCUT2D eigenvalue weighted by molar-refractivity contribution is 5.92. The molecule has 1 unspecified atom stereocenters. The summed E-state index contributed by atoms with van der Waals surface area (Å²) >= 11 is 0. The molecule has 3 aromatic rings. The molecule has 3 heterocycles. The Kier molecular flexibility index (Phi) is 4.61. The highest BCUT2D eigenvalue weighted by Gasteiger charge is 2.26. The van der Waals surface area contributed by atoms with Crippen LogP contribution in [0.1, 0.15) is 34.6 Å². The highest BCUT2D eigenvalue weighted by Crippen LogP contribution is 2.25. The Balaban J connectivity index is 1.50. The lowest BCUT2D eigenvalue weighted by Crippen LogP contribution is -2.40. The van der Waals surface area contributed by atoms with Crippen LogP contribution in [0, 0.1) is 12.8 Å². The predicted molar refractivity (Wildman–Crippen MR) is 101 cm³/mol. The van der Waals surface area contributed by atoms with Crippen LogP contribution in [-0.2, 0) is 6.42 Å². The van der Waals surface area contributed by atoms with E-state index in [1.165, 1.54) is 16.3 Å². The zero-order valence-corrected chi connectivity index (χ0v) is 14.9. The van der Waals surface area contributed by atoms with Crippen LogP contribution in [0.25, 0.3) is 10.8 Å². The number of hydrogen-bond acceptors (Lipinski definition) is 4. The first-order chi connectivity index (χ1) is 12.7. The molecular weight excluding hydrogens is 324 g/mol. The van der Waals surface area contributed by atoms with E-state index < -0.39 is 0 Å². The molecule has 1 amide bonds. The van der Waals surface area contributed by atoms with Crippen molar-refractivity contribution in [1.29, 1.82) is 0 Å². The number of hydrogen-bond donors (Lipinski definition) is 0. The summed E-state index contributed by atoms with van der Waals surface area (Å²) in [5.74, 6) is 0.428. The molecule has 5 nitrogen and oxygen atoms in total. The van der Waals surface area contributed by atoms with Crippen LogP contribution in [-0.4, -0.2) is 38.8 Å². The van der Waals surface area contributed by atoms with Gasteiger partial charge >= 0.3 is 0 Å². The number of likely N-dealkylation sites (tertiary alicyclic amines) is 1. The Morgan fingerprint density at radius 1 is 1.15 bits per heavy atom. The maximum Gasteiger partial charge on any atom is 0.274 e. The summed E-state index contributed by atoms with van der Waals surface area (Å²) in [4.78, 5) is 27.5. The molecule has 1 fully saturated rings. The van der Waals surface area contributed by atoms with Gasteiger partial charge in [-0.25, -0.2) is 4.98 Å². The average Bonchev–Trinajstić information content (AvgIpc) is 2.69. The van der Waals surface area contributed by atoms with Gasteiger partial charge in [0.2, 0.25) is 0 Å². The first-order valence-electron chi connectivity index (χ1n) is 9.10. The summed E-state index contributed by atoms with van der Waals surface area (Å²) in [5, 5.41) is 2.43. The predicted octanol–water partition coefficient (Wildman–Crippen LogP) is 3.43. The fourth-order valence-corrected chi connectivity index (χ4v) is 3.73. The minimum atomic E-state index is -0.0155. The minimum absolute atomic E-state index is 0.0155. The number of amides is 1. The summed E-state index contributed by atoms with van der Waals surface area (Å²) in [6.07, 6.45) is 10.2. The van der Waals surface area contributed by atoms with Crippen molar-refractivity contribution in [2.45, 2.75) is 26.2 Å². The smallest absolute Gasteiger partial charge is 0.274 e. The number of carbonyl (C=O) groups is 1. The van der Waals surface area contributed by atoms with E-state index in [9.17, 15) is 4.79 Å². The van der Waals surface area contributed by atoms with Crippen LogP contribution in [0.3, 0.4) is 0 Å². The number of piperidine rings is 1. The largest absolute Gasteiger partial charge is 0.337 e. The molecule has 0 radical (unpaired) electrons. The zero-order chi connectivity index (χ0) is 17.9. The summed E-state index contributed by atoms with van der Waals surface area (Å²) < 4.78 is 0. The van der Waals surface area contributed by atoms with Crippen molar-refractivity contribution < 1.29 is 4.79 Å². The maximum absolute atomic E-state index is 12.7. The Morgan fingerprint density at radius 3 is 2.88 bits per heavy atom. The summed E-state index contributed by atoms with van der Waals surface area (Å²) in [5.41, 5.74) is 2.52. The lowest BCUT2D eigenvalue weighted by molar-refractivity contribution is 0.0667. The van der Waals surface area contributed by atoms with E-state index in [-0.39, 0.29) is 5.91 Å². The summed E-state index contributed by atoms with van der Waals surface area (Å²) in [7, 11) is 0. The van der Waals surface area contributed by atoms with Crippen LogP contribution in [0.15, 0.2) is 49.1 Å². The van der Waals surface area contributed by atoms with Gasteiger partial charge < -0.3 is 4.90 Å². The SMILES string of the molecule is Cc1cnc(C(=O)N2CCCC(Cc3cncc4ccccc34)C2)cn1. The van der Waals surface area contributed by atoms with E-state index in [1.807, 2.05) is 30.3 Å². The van der Waals surface area contributed by atoms with Crippen LogP contribution in [0.5, 0.6) is 0 Å². The molecule has 0 saturated carbocycles. The van der Waals surface area contributed by atoms with Gasteiger partial charge in [0.15, 0.2) is 0 Å². The van der Waals surface area contributed by atoms with Gasteiger partial charge in [-0.05, 0) is 43.1 Å². The van der Waals surface area contributed by atoms with E-state index >= 15 is 0 Å². The standard InChI is InChI=1S/C21H22N4O/c1-15-10-24-20(13-23-15)21(26)25-8-4-5-16(14-25)9-18-12-22-11-17-6-2-3-7-19(17)18/h2-3,6-7,10-13,16H,4-5,8-9,14H2,1H3. The number of fused-ring (bicyclic) bond motifs is 1. The number of rotatable bonds is 3. The van der Waals surface area contributed by atoms with Crippen molar-refractivity contribution in [2.75, 3.05) is 13.1 Å². The van der Waals surface area contributed by atoms with Crippen molar-refractivity contribution in [3.63, 3.8) is 0 Å². The molecule has 1 aromatic carbocycles. The van der Waals surface area contributed by atoms with Gasteiger partial charge in [0.25, 0.3) is 5.91 Å². The number of nitrogens with zero attached hydrogens (tertiary/aromatic N) is 4. The van der Waals surface area contributed by atoms with Crippen molar-refractivity contribution in [1.82, 2.24) is 19.9 Å². The number of pyridine rings is 1. The molecule has 1 aliphatic heterocycles. The Bertz CT molecular complexity index is 917. The summed E-state index contributed by atoms with van der Waals surface area (Å²) in [6.45, 7) is 3.42. The molecule has 132 valence electrons. The van der Waals surface area contributed by atoms with Crippen molar-refractivity contribution in [3.05, 3.63) is 66.0 Å². The van der Waals surface area contributed by atoms with Gasteiger partial charge in [0, 0.05) is 37.1 Å². The number of benzene rings is 1. The number of carbonyl (C=O) groups excluding carboxylic acids is 1. The van der Waals surface area contributed by atoms with Crippen molar-refractivity contribution >= 4 is 16.7 Å². The molecule has 5 heteroatoms. The van der Waals surface area contributed by atoms with Gasteiger partial charge in [-0.2, -0.15) is 0 Å². The van der Waals surface area contributed by atoms with Gasteiger partial charge in [0.1, 0.15) is 5.69 Å². The van der Waals surface area contributed by atoms with E-state index in [0.717, 1.165) is 38.0 Å². The Hall–Kier alpha value is -2.82. The third kappa shape index (κ3) is 3.43. The quantitative estimate of drug-likeness (QED) is 0.729. The maximum atomic E-state index is 12.7. The molecule has 1 saturated heterocycles. The molecule has 2 aromatic heterocycles. The van der Waals surface area contributed by atoms with E-state index in [2.05, 4.69) is 33.2 Å². The first-order valence-corrected chi connectivity index (χ1v) is 9.10. The van der Waals surface area contributed by atoms with Crippen LogP contribution in [0.2, 0.25) is 0 Å². The fourth-order valence-electron chi connectivity index (χ4n) is 3.73. The highest BCUT2D eigenvalue weighted by atomic mass is 16.2. The second-order valence-corrected chi connectivity index (χ2v) is 7.03. The van der Waals surface area contributed by atoms with Crippen molar-refractivity contribution in [3.8, 4) is 0 Å². The van der Waals surface area contributed by atoms with Gasteiger partial charge in [0.05, 0.1) is 11.9 Å². The van der Waals surface area contributed by atoms with Gasteiger partial charge in [-0.15, -0.1) is 0 Å². The van der Waals surface area contributed by atoms with Crippen molar-refractivity contribution in [2.24, 2.45) is 5.92 Å². The topological polar surface area (TPSA) is 59.0 Å². The molecule has 1 aliphatic rings. The Morgan fingerprint density at radius 2 is 2.04 bits per heavy atom. The Labute approximate surface area is 153 Å². The molecule has 0 bridgehead atoms. The second kappa shape index (κ2) is 7.20. The normalized spacial score (nSPS) is 17.4. The van der Waals surface area contributed by atoms with Gasteiger partial charge in [-0.1, -0.05) is 24.3 Å². The van der Waals surface area contributed by atoms with E-state index in [4.69, 9.17) is 0 Å². The molecular formula is C21H22N4O. The molecule has 1 atom stereocenters. The number of aromatic nitrogens is 3. The molecule has 26 heavy (non-hydrogen) atoms. The van der Waals surface area contributed by atoms with Crippen LogP contribution >= 0.6 is 0 Å². The lowest BCUT2D eigenvalue weighted by Gasteiger charge is -2.32. The summed E-state index contributed by atoms with van der Waals surface area (Å²) in [6, 6.07) is 8.36. The number of aryl methyl sites for hydroxylation is 1. The molecule has 4 rings (SSSR count). The van der Waals surface area contributed by atoms with E-state index in [0.29, 0.717) is 11.6 Å². The van der Waals surface area contributed by atoms with Gasteiger partial charge in [-0.3, -0.25) is 14.8 Å². The first kappa shape index (κ1) is 16.6. The molecule has 0 aliphatic carbocycles. The fraction of sp³-hybridized carbons (Fsp3) is 0.333. The average molecular weight is 346 g/mol.